The number of hydrogen-bond donors (Lipinski definition) is 1. The van der Waals surface area contributed by atoms with Gasteiger partial charge in [-0.3, -0.25) is 4.98 Å². The third-order valence-electron chi connectivity index (χ3n) is 5.50. The van der Waals surface area contributed by atoms with Crippen molar-refractivity contribution in [2.75, 3.05) is 31.6 Å². The largest absolute Gasteiger partial charge is 0.388 e. The summed E-state index contributed by atoms with van der Waals surface area (Å²) < 4.78 is 0. The van der Waals surface area contributed by atoms with Crippen molar-refractivity contribution in [3.63, 3.8) is 0 Å². The van der Waals surface area contributed by atoms with Gasteiger partial charge >= 0.3 is 0 Å². The van der Waals surface area contributed by atoms with Crippen molar-refractivity contribution in [2.24, 2.45) is 0 Å². The molecule has 0 radical (unpaired) electrons. The summed E-state index contributed by atoms with van der Waals surface area (Å²) in [7, 11) is 2.15. The van der Waals surface area contributed by atoms with Gasteiger partial charge in [0.15, 0.2) is 0 Å². The van der Waals surface area contributed by atoms with Gasteiger partial charge in [0.2, 0.25) is 0 Å². The van der Waals surface area contributed by atoms with Crippen molar-refractivity contribution < 1.29 is 5.11 Å². The highest BCUT2D eigenvalue weighted by Gasteiger charge is 2.43. The normalized spacial score (nSPS) is 24.0. The topological polar surface area (TPSA) is 39.6 Å². The van der Waals surface area contributed by atoms with Crippen molar-refractivity contribution in [3.05, 3.63) is 24.0 Å². The highest BCUT2D eigenvalue weighted by atomic mass is 16.3. The van der Waals surface area contributed by atoms with Crippen molar-refractivity contribution >= 4 is 5.69 Å². The van der Waals surface area contributed by atoms with Crippen LogP contribution >= 0.6 is 0 Å². The Bertz CT molecular complexity index is 492. The molecule has 3 rings (SSSR count). The average molecular weight is 334 g/mol. The standard InChI is InChI=1S/C18H29N3O.C2H6/c1-14(2)16-7-6-15(13-19-16)21-11-8-18(22,9-12-21)17-5-4-10-20(17)3;1-2/h6-7,13-14,17,22H,4-5,8-12H2,1-3H3;1-2H3. The molecule has 0 bridgehead atoms. The number of nitrogens with zero attached hydrogens (tertiary/aromatic N) is 3. The monoisotopic (exact) mass is 333 g/mol. The molecule has 1 aromatic rings. The number of rotatable bonds is 3. The molecule has 2 aliphatic heterocycles. The van der Waals surface area contributed by atoms with Crippen LogP contribution in [0.4, 0.5) is 5.69 Å². The highest BCUT2D eigenvalue weighted by Crippen LogP contribution is 2.35. The number of pyridine rings is 1. The Kier molecular flexibility index (Phi) is 6.64. The van der Waals surface area contributed by atoms with E-state index in [4.69, 9.17) is 0 Å². The van der Waals surface area contributed by atoms with Crippen LogP contribution in [0.2, 0.25) is 0 Å². The van der Waals surface area contributed by atoms with Crippen LogP contribution < -0.4 is 4.90 Å². The van der Waals surface area contributed by atoms with Crippen molar-refractivity contribution in [1.29, 1.82) is 0 Å². The highest BCUT2D eigenvalue weighted by molar-refractivity contribution is 5.45. The van der Waals surface area contributed by atoms with Crippen LogP contribution in [0.1, 0.15) is 65.0 Å². The van der Waals surface area contributed by atoms with Crippen molar-refractivity contribution in [2.45, 2.75) is 70.9 Å². The maximum atomic E-state index is 11.0. The Morgan fingerprint density at radius 3 is 2.29 bits per heavy atom. The summed E-state index contributed by atoms with van der Waals surface area (Å²) in [5.74, 6) is 0.471. The van der Waals surface area contributed by atoms with Crippen LogP contribution in [-0.2, 0) is 0 Å². The van der Waals surface area contributed by atoms with Gasteiger partial charge in [0.25, 0.3) is 0 Å². The fraction of sp³-hybridized carbons (Fsp3) is 0.750. The number of piperidine rings is 1. The summed E-state index contributed by atoms with van der Waals surface area (Å²) >= 11 is 0. The molecule has 0 aromatic carbocycles. The Morgan fingerprint density at radius 2 is 1.83 bits per heavy atom. The second-order valence-electron chi connectivity index (χ2n) is 7.33. The fourth-order valence-corrected chi connectivity index (χ4v) is 4.00. The van der Waals surface area contributed by atoms with Gasteiger partial charge in [0.05, 0.1) is 17.5 Å². The molecule has 4 heteroatoms. The summed E-state index contributed by atoms with van der Waals surface area (Å²) in [5, 5.41) is 11.0. The van der Waals surface area contributed by atoms with Gasteiger partial charge in [0, 0.05) is 24.8 Å². The van der Waals surface area contributed by atoms with E-state index in [1.165, 1.54) is 12.1 Å². The van der Waals surface area contributed by atoms with Gasteiger partial charge in [-0.1, -0.05) is 27.7 Å². The maximum absolute atomic E-state index is 11.0. The molecule has 2 saturated heterocycles. The summed E-state index contributed by atoms with van der Waals surface area (Å²) in [6, 6.07) is 4.65. The minimum atomic E-state index is -0.507. The van der Waals surface area contributed by atoms with E-state index in [1.807, 2.05) is 20.0 Å². The van der Waals surface area contributed by atoms with E-state index < -0.39 is 5.60 Å². The first-order valence-electron chi connectivity index (χ1n) is 9.63. The Labute approximate surface area is 147 Å². The van der Waals surface area contributed by atoms with Gasteiger partial charge in [-0.25, -0.2) is 0 Å². The number of hydrogen-bond acceptors (Lipinski definition) is 4. The number of aliphatic hydroxyl groups is 1. The number of aromatic nitrogens is 1. The molecule has 1 atom stereocenters. The molecule has 0 aliphatic carbocycles. The van der Waals surface area contributed by atoms with Crippen molar-refractivity contribution in [3.8, 4) is 0 Å². The van der Waals surface area contributed by atoms with Crippen LogP contribution in [0.15, 0.2) is 18.3 Å². The van der Waals surface area contributed by atoms with Crippen LogP contribution in [-0.4, -0.2) is 53.3 Å². The molecule has 0 saturated carbocycles. The molecule has 1 aromatic heterocycles. The van der Waals surface area contributed by atoms with E-state index in [2.05, 4.69) is 47.8 Å². The molecule has 24 heavy (non-hydrogen) atoms. The molecule has 3 heterocycles. The fourth-order valence-electron chi connectivity index (χ4n) is 4.00. The third-order valence-corrected chi connectivity index (χ3v) is 5.50. The summed E-state index contributed by atoms with van der Waals surface area (Å²) in [4.78, 5) is 9.27. The first-order chi connectivity index (χ1) is 11.5. The Hall–Kier alpha value is -1.13. The lowest BCUT2D eigenvalue weighted by Crippen LogP contribution is -2.55. The number of anilines is 1. The summed E-state index contributed by atoms with van der Waals surface area (Å²) in [5.41, 5.74) is 1.82. The molecule has 1 unspecified atom stereocenters. The zero-order valence-corrected chi connectivity index (χ0v) is 16.1. The molecular formula is C20H35N3O. The molecule has 1 N–H and O–H groups in total. The first-order valence-corrected chi connectivity index (χ1v) is 9.63. The lowest BCUT2D eigenvalue weighted by Gasteiger charge is -2.44. The molecule has 2 aliphatic rings. The lowest BCUT2D eigenvalue weighted by atomic mass is 9.83. The number of likely N-dealkylation sites (N-methyl/N-ethyl adjacent to an activating group) is 1. The van der Waals surface area contributed by atoms with Crippen LogP contribution in [0, 0.1) is 0 Å². The van der Waals surface area contributed by atoms with Gasteiger partial charge < -0.3 is 14.9 Å². The molecule has 4 nitrogen and oxygen atoms in total. The van der Waals surface area contributed by atoms with Gasteiger partial charge in [0.1, 0.15) is 0 Å². The maximum Gasteiger partial charge on any atom is 0.0835 e. The van der Waals surface area contributed by atoms with E-state index in [-0.39, 0.29) is 0 Å². The van der Waals surface area contributed by atoms with Crippen LogP contribution in [0.5, 0.6) is 0 Å². The summed E-state index contributed by atoms with van der Waals surface area (Å²) in [6.45, 7) is 11.3. The minimum absolute atomic E-state index is 0.344. The number of likely N-dealkylation sites (tertiary alicyclic amines) is 1. The van der Waals surface area contributed by atoms with E-state index in [9.17, 15) is 5.11 Å². The van der Waals surface area contributed by atoms with E-state index in [0.29, 0.717) is 12.0 Å². The predicted molar refractivity (Wildman–Crippen MR) is 102 cm³/mol. The first kappa shape index (κ1) is 19.2. The third kappa shape index (κ3) is 4.09. The summed E-state index contributed by atoms with van der Waals surface area (Å²) in [6.07, 6.45) is 6.05. The van der Waals surface area contributed by atoms with Crippen molar-refractivity contribution in [1.82, 2.24) is 9.88 Å². The molecular weight excluding hydrogens is 298 g/mol. The second-order valence-corrected chi connectivity index (χ2v) is 7.33. The second kappa shape index (κ2) is 8.30. The smallest absolute Gasteiger partial charge is 0.0835 e. The SMILES string of the molecule is CC.CC(C)c1ccc(N2CCC(O)(C3CCCN3C)CC2)cn1. The Balaban J connectivity index is 0.00000100. The predicted octanol–water partition coefficient (Wildman–Crippen LogP) is 3.66. The lowest BCUT2D eigenvalue weighted by molar-refractivity contribution is -0.0449. The van der Waals surface area contributed by atoms with Crippen LogP contribution in [0.25, 0.3) is 0 Å². The zero-order chi connectivity index (χ0) is 17.7. The molecule has 2 fully saturated rings. The van der Waals surface area contributed by atoms with E-state index in [1.54, 1.807) is 0 Å². The van der Waals surface area contributed by atoms with E-state index in [0.717, 1.165) is 44.6 Å². The van der Waals surface area contributed by atoms with E-state index >= 15 is 0 Å². The van der Waals surface area contributed by atoms with Gasteiger partial charge in [-0.15, -0.1) is 0 Å². The quantitative estimate of drug-likeness (QED) is 0.916. The van der Waals surface area contributed by atoms with Crippen LogP contribution in [0.3, 0.4) is 0 Å². The molecule has 0 amide bonds. The Morgan fingerprint density at radius 1 is 1.17 bits per heavy atom. The van der Waals surface area contributed by atoms with Gasteiger partial charge in [-0.05, 0) is 57.3 Å². The van der Waals surface area contributed by atoms with Gasteiger partial charge in [-0.2, -0.15) is 0 Å². The molecule has 136 valence electrons. The zero-order valence-electron chi connectivity index (χ0n) is 16.1. The molecule has 0 spiro atoms. The minimum Gasteiger partial charge on any atom is -0.388 e. The average Bonchev–Trinajstić information content (AvgIpc) is 3.04.